The molecule has 2 fully saturated rings. The number of hydrogen-bond acceptors (Lipinski definition) is 7. The molecular weight excluding hydrogens is 596 g/mol. The number of rotatable bonds is 8. The quantitative estimate of drug-likeness (QED) is 0.355. The van der Waals surface area contributed by atoms with Crippen molar-refractivity contribution in [3.63, 3.8) is 0 Å². The number of hydrogen-bond donors (Lipinski definition) is 2. The number of pyridine rings is 1. The maximum atomic E-state index is 14.0. The van der Waals surface area contributed by atoms with Crippen molar-refractivity contribution in [1.82, 2.24) is 10.3 Å². The van der Waals surface area contributed by atoms with Crippen LogP contribution in [0.15, 0.2) is 41.2 Å². The number of aromatic nitrogens is 1. The van der Waals surface area contributed by atoms with E-state index in [9.17, 15) is 14.4 Å². The molecule has 0 aliphatic carbocycles. The monoisotopic (exact) mass is 642 g/mol. The van der Waals surface area contributed by atoms with E-state index in [2.05, 4.69) is 46.4 Å². The highest BCUT2D eigenvalue weighted by Gasteiger charge is 2.45. The third-order valence-corrected chi connectivity index (χ3v) is 10.3. The number of anilines is 2. The molecule has 0 atom stereocenters. The SMILES string of the molecule is CCN(c1cc(-c2ccc3c(c2)N(C(C)=O)CC32CCOCC2)cc(C(=O)NCc2c(OC)cc(C)[nH]c2=O)c1C)C1CCOCC1. The fourth-order valence-electron chi connectivity index (χ4n) is 7.65. The lowest BCUT2D eigenvalue weighted by molar-refractivity contribution is -0.116. The lowest BCUT2D eigenvalue weighted by Gasteiger charge is -2.37. The lowest BCUT2D eigenvalue weighted by Crippen LogP contribution is -2.40. The normalized spacial score (nSPS) is 17.4. The molecule has 2 amide bonds. The van der Waals surface area contributed by atoms with Crippen LogP contribution in [-0.2, 0) is 26.2 Å². The number of nitrogens with zero attached hydrogens (tertiary/aromatic N) is 2. The van der Waals surface area contributed by atoms with Crippen molar-refractivity contribution in [2.45, 2.75) is 71.4 Å². The molecule has 2 aromatic carbocycles. The van der Waals surface area contributed by atoms with E-state index in [4.69, 9.17) is 14.2 Å². The number of aryl methyl sites for hydroxylation is 1. The van der Waals surface area contributed by atoms with Gasteiger partial charge in [-0.05, 0) is 93.0 Å². The Morgan fingerprint density at radius 3 is 2.45 bits per heavy atom. The van der Waals surface area contributed by atoms with E-state index < -0.39 is 0 Å². The number of carbonyl (C=O) groups is 2. The Morgan fingerprint density at radius 2 is 1.77 bits per heavy atom. The van der Waals surface area contributed by atoms with Crippen molar-refractivity contribution in [2.24, 2.45) is 0 Å². The fraction of sp³-hybridized carbons (Fsp3) is 0.486. The standard InChI is InChI=1S/C37H46N4O6/c1-6-40(28-9-13-46-14-10-28)32-20-27(18-29(24(32)3)35(43)38-21-30-34(45-5)17-23(2)39-36(30)44)26-7-8-31-33(19-26)41(25(4)42)22-37(31)11-15-47-16-12-37/h7-8,17-20,28H,6,9-16,21-22H2,1-5H3,(H,38,43)(H,39,44). The van der Waals surface area contributed by atoms with Gasteiger partial charge in [0, 0.05) is 80.5 Å². The number of fused-ring (bicyclic) bond motifs is 2. The molecule has 3 aliphatic heterocycles. The Labute approximate surface area is 276 Å². The van der Waals surface area contributed by atoms with Crippen LogP contribution >= 0.6 is 0 Å². The second-order valence-corrected chi connectivity index (χ2v) is 13.0. The number of nitrogens with one attached hydrogen (secondary N) is 2. The van der Waals surface area contributed by atoms with Gasteiger partial charge in [0.25, 0.3) is 11.5 Å². The highest BCUT2D eigenvalue weighted by molar-refractivity contribution is 6.00. The van der Waals surface area contributed by atoms with Gasteiger partial charge in [-0.1, -0.05) is 12.1 Å². The van der Waals surface area contributed by atoms with Crippen molar-refractivity contribution >= 4 is 23.2 Å². The lowest BCUT2D eigenvalue weighted by atomic mass is 9.75. The average molecular weight is 643 g/mol. The van der Waals surface area contributed by atoms with E-state index in [1.165, 1.54) is 12.7 Å². The molecule has 10 nitrogen and oxygen atoms in total. The van der Waals surface area contributed by atoms with Gasteiger partial charge in [-0.15, -0.1) is 0 Å². The van der Waals surface area contributed by atoms with Crippen LogP contribution in [-0.4, -0.2) is 69.5 Å². The number of carbonyl (C=O) groups excluding carboxylic acids is 2. The van der Waals surface area contributed by atoms with Crippen LogP contribution in [0.3, 0.4) is 0 Å². The van der Waals surface area contributed by atoms with Crippen LogP contribution in [0.5, 0.6) is 5.75 Å². The predicted molar refractivity (Wildman–Crippen MR) is 183 cm³/mol. The van der Waals surface area contributed by atoms with Crippen LogP contribution in [0.25, 0.3) is 11.1 Å². The van der Waals surface area contributed by atoms with Gasteiger partial charge in [0.1, 0.15) is 5.75 Å². The molecule has 6 rings (SSSR count). The zero-order chi connectivity index (χ0) is 33.3. The topological polar surface area (TPSA) is 113 Å². The van der Waals surface area contributed by atoms with Crippen LogP contribution in [0.4, 0.5) is 11.4 Å². The molecule has 0 radical (unpaired) electrons. The molecule has 2 saturated heterocycles. The summed E-state index contributed by atoms with van der Waals surface area (Å²) in [5, 5.41) is 2.99. The molecule has 1 aromatic heterocycles. The van der Waals surface area contributed by atoms with Gasteiger partial charge in [-0.2, -0.15) is 0 Å². The molecule has 0 unspecified atom stereocenters. The highest BCUT2D eigenvalue weighted by Crippen LogP contribution is 2.48. The van der Waals surface area contributed by atoms with Gasteiger partial charge in [0.15, 0.2) is 0 Å². The minimum atomic E-state index is -0.291. The molecule has 4 heterocycles. The Hall–Kier alpha value is -4.15. The number of amides is 2. The number of benzene rings is 2. The molecule has 1 spiro atoms. The van der Waals surface area contributed by atoms with Crippen LogP contribution in [0, 0.1) is 13.8 Å². The molecular formula is C37H46N4O6. The van der Waals surface area contributed by atoms with E-state index in [-0.39, 0.29) is 35.4 Å². The molecule has 10 heteroatoms. The van der Waals surface area contributed by atoms with Crippen molar-refractivity contribution in [1.29, 1.82) is 0 Å². The first-order valence-corrected chi connectivity index (χ1v) is 16.7. The third kappa shape index (κ3) is 6.28. The zero-order valence-electron chi connectivity index (χ0n) is 28.2. The Kier molecular flexibility index (Phi) is 9.43. The number of methoxy groups -OCH3 is 1. The third-order valence-electron chi connectivity index (χ3n) is 10.3. The summed E-state index contributed by atoms with van der Waals surface area (Å²) in [5.74, 6) is 0.183. The summed E-state index contributed by atoms with van der Waals surface area (Å²) in [5.41, 5.74) is 7.03. The van der Waals surface area contributed by atoms with Gasteiger partial charge in [-0.25, -0.2) is 0 Å². The number of ether oxygens (including phenoxy) is 3. The zero-order valence-corrected chi connectivity index (χ0v) is 28.2. The van der Waals surface area contributed by atoms with E-state index in [1.54, 1.807) is 19.9 Å². The molecule has 0 bridgehead atoms. The molecule has 2 N–H and O–H groups in total. The van der Waals surface area contributed by atoms with E-state index in [0.29, 0.717) is 55.5 Å². The van der Waals surface area contributed by atoms with Gasteiger partial charge in [-0.3, -0.25) is 14.4 Å². The number of H-pyrrole nitrogens is 1. The minimum Gasteiger partial charge on any atom is -0.496 e. The van der Waals surface area contributed by atoms with Gasteiger partial charge in [0.05, 0.1) is 19.2 Å². The first kappa shape index (κ1) is 32.8. The maximum absolute atomic E-state index is 14.0. The van der Waals surface area contributed by atoms with Crippen molar-refractivity contribution in [2.75, 3.05) is 56.4 Å². The van der Waals surface area contributed by atoms with Gasteiger partial charge < -0.3 is 34.3 Å². The number of aromatic amines is 1. The van der Waals surface area contributed by atoms with Crippen molar-refractivity contribution in [3.8, 4) is 16.9 Å². The second kappa shape index (κ2) is 13.5. The van der Waals surface area contributed by atoms with Gasteiger partial charge in [0.2, 0.25) is 5.91 Å². The van der Waals surface area contributed by atoms with Crippen LogP contribution in [0.2, 0.25) is 0 Å². The van der Waals surface area contributed by atoms with E-state index in [0.717, 1.165) is 60.3 Å². The first-order valence-electron chi connectivity index (χ1n) is 16.7. The van der Waals surface area contributed by atoms with Crippen LogP contribution < -0.4 is 25.4 Å². The molecule has 250 valence electrons. The van der Waals surface area contributed by atoms with Crippen molar-refractivity contribution in [3.05, 3.63) is 74.7 Å². The second-order valence-electron chi connectivity index (χ2n) is 13.0. The largest absolute Gasteiger partial charge is 0.496 e. The summed E-state index contributed by atoms with van der Waals surface area (Å²) in [6.45, 7) is 11.8. The minimum absolute atomic E-state index is 0.0201. The summed E-state index contributed by atoms with van der Waals surface area (Å²) in [6.07, 6.45) is 3.58. The summed E-state index contributed by atoms with van der Waals surface area (Å²) in [4.78, 5) is 46.8. The molecule has 3 aliphatic rings. The summed E-state index contributed by atoms with van der Waals surface area (Å²) < 4.78 is 16.8. The molecule has 0 saturated carbocycles. The van der Waals surface area contributed by atoms with E-state index >= 15 is 0 Å². The van der Waals surface area contributed by atoms with Crippen LogP contribution in [0.1, 0.15) is 72.3 Å². The Balaban J connectivity index is 1.42. The highest BCUT2D eigenvalue weighted by atomic mass is 16.5. The molecule has 3 aromatic rings. The van der Waals surface area contributed by atoms with E-state index in [1.807, 2.05) is 17.9 Å². The fourth-order valence-corrected chi connectivity index (χ4v) is 7.65. The Morgan fingerprint density at radius 1 is 1.04 bits per heavy atom. The Bertz CT molecular complexity index is 1720. The smallest absolute Gasteiger partial charge is 0.256 e. The first-order chi connectivity index (χ1) is 22.7. The van der Waals surface area contributed by atoms with Crippen molar-refractivity contribution < 1.29 is 23.8 Å². The summed E-state index contributed by atoms with van der Waals surface area (Å²) in [7, 11) is 1.52. The summed E-state index contributed by atoms with van der Waals surface area (Å²) >= 11 is 0. The predicted octanol–water partition coefficient (Wildman–Crippen LogP) is 5.02. The van der Waals surface area contributed by atoms with Gasteiger partial charge >= 0.3 is 0 Å². The average Bonchev–Trinajstić information content (AvgIpc) is 3.38. The summed E-state index contributed by atoms with van der Waals surface area (Å²) in [6, 6.07) is 12.6. The maximum Gasteiger partial charge on any atom is 0.256 e. The molecule has 47 heavy (non-hydrogen) atoms.